The molecule has 0 aromatic heterocycles. The first kappa shape index (κ1) is 25.1. The fraction of sp³-hybridized carbons (Fsp3) is 0.462. The van der Waals surface area contributed by atoms with E-state index in [-0.39, 0.29) is 32.7 Å². The number of nitrogens with zero attached hydrogens (tertiary/aromatic N) is 2. The molecule has 4 aliphatic rings. The monoisotopic (exact) mass is 574 g/mol. The molecule has 0 bridgehead atoms. The van der Waals surface area contributed by atoms with Crippen LogP contribution in [0.3, 0.4) is 0 Å². The molecule has 2 aromatic rings. The zero-order valence-electron chi connectivity index (χ0n) is 19.9. The first-order valence-electron chi connectivity index (χ1n) is 12.1. The zero-order valence-corrected chi connectivity index (χ0v) is 22.1. The van der Waals surface area contributed by atoms with Gasteiger partial charge in [-0.1, -0.05) is 40.9 Å². The van der Waals surface area contributed by atoms with Crippen LogP contribution in [0.2, 0.25) is 0 Å². The van der Waals surface area contributed by atoms with Crippen LogP contribution in [0.5, 0.6) is 17.2 Å². The number of fused-ring (bicyclic) bond motifs is 5. The Kier molecular flexibility index (Phi) is 6.08. The minimum atomic E-state index is -4.21. The van der Waals surface area contributed by atoms with Crippen LogP contribution in [0.15, 0.2) is 24.3 Å². The van der Waals surface area contributed by atoms with Gasteiger partial charge in [0.05, 0.1) is 18.7 Å². The van der Waals surface area contributed by atoms with Gasteiger partial charge in [-0.25, -0.2) is 0 Å². The Morgan fingerprint density at radius 3 is 2.35 bits per heavy atom. The Labute approximate surface area is 227 Å². The number of alkyl halides is 6. The number of hydrogen-bond acceptors (Lipinski definition) is 5. The summed E-state index contributed by atoms with van der Waals surface area (Å²) in [6.45, 7) is 1.22. The maximum atomic E-state index is 13.4. The fourth-order valence-electron chi connectivity index (χ4n) is 5.96. The van der Waals surface area contributed by atoms with E-state index < -0.39 is 21.9 Å². The molecule has 4 heterocycles. The van der Waals surface area contributed by atoms with Crippen molar-refractivity contribution in [2.45, 2.75) is 35.3 Å². The third-order valence-electron chi connectivity index (χ3n) is 7.70. The lowest BCUT2D eigenvalue weighted by molar-refractivity contribution is -0.179. The number of halogens is 6. The van der Waals surface area contributed by atoms with Crippen molar-refractivity contribution in [3.63, 3.8) is 0 Å². The molecular formula is C26H24Cl3F3N2O3. The van der Waals surface area contributed by atoms with Crippen LogP contribution in [0.1, 0.15) is 41.1 Å². The molecule has 0 spiro atoms. The van der Waals surface area contributed by atoms with E-state index in [1.54, 1.807) is 7.11 Å². The Morgan fingerprint density at radius 1 is 1.00 bits per heavy atom. The normalized spacial score (nSPS) is 21.3. The summed E-state index contributed by atoms with van der Waals surface area (Å²) >= 11 is 20.0. The molecular weight excluding hydrogens is 552 g/mol. The molecule has 1 atom stereocenters. The first-order valence-corrected chi connectivity index (χ1v) is 13.2. The van der Waals surface area contributed by atoms with Crippen LogP contribution in [-0.2, 0) is 6.42 Å². The Hall–Kier alpha value is -2.16. The van der Waals surface area contributed by atoms with E-state index in [0.717, 1.165) is 33.7 Å². The van der Waals surface area contributed by atoms with E-state index in [4.69, 9.17) is 49.0 Å². The highest BCUT2D eigenvalue weighted by Crippen LogP contribution is 2.57. The van der Waals surface area contributed by atoms with E-state index in [0.29, 0.717) is 30.2 Å². The van der Waals surface area contributed by atoms with Crippen LogP contribution < -0.4 is 19.1 Å². The van der Waals surface area contributed by atoms with E-state index in [9.17, 15) is 13.2 Å². The lowest BCUT2D eigenvalue weighted by atomic mass is 9.85. The predicted molar refractivity (Wildman–Crippen MR) is 138 cm³/mol. The van der Waals surface area contributed by atoms with Gasteiger partial charge < -0.3 is 24.0 Å². The summed E-state index contributed by atoms with van der Waals surface area (Å²) in [5, 5.41) is 0. The van der Waals surface area contributed by atoms with E-state index in [1.807, 2.05) is 35.2 Å². The molecule has 2 aromatic carbocycles. The quantitative estimate of drug-likeness (QED) is 0.361. The van der Waals surface area contributed by atoms with Gasteiger partial charge in [0.2, 0.25) is 10.6 Å². The minimum Gasteiger partial charge on any atom is -0.495 e. The second kappa shape index (κ2) is 8.95. The second-order valence-corrected chi connectivity index (χ2v) is 12.1. The molecule has 198 valence electrons. The van der Waals surface area contributed by atoms with Gasteiger partial charge in [0.25, 0.3) is 0 Å². The molecule has 0 aliphatic carbocycles. The summed E-state index contributed by atoms with van der Waals surface area (Å²) in [5.41, 5.74) is 5.25. The summed E-state index contributed by atoms with van der Waals surface area (Å²) < 4.78 is 55.3. The summed E-state index contributed by atoms with van der Waals surface area (Å²) in [4.78, 5) is 4.02. The Morgan fingerprint density at radius 2 is 1.70 bits per heavy atom. The minimum absolute atomic E-state index is 0.000116. The fourth-order valence-corrected chi connectivity index (χ4v) is 6.64. The van der Waals surface area contributed by atoms with Crippen LogP contribution >= 0.6 is 34.8 Å². The highest BCUT2D eigenvalue weighted by Gasteiger charge is 2.48. The highest BCUT2D eigenvalue weighted by molar-refractivity contribution is 6.68. The lowest BCUT2D eigenvalue weighted by Gasteiger charge is -2.47. The molecule has 4 aliphatic heterocycles. The average molecular weight is 576 g/mol. The number of rotatable bonds is 2. The smallest absolute Gasteiger partial charge is 0.391 e. The van der Waals surface area contributed by atoms with E-state index in [2.05, 4.69) is 4.90 Å². The number of piperidine rings is 1. The molecule has 11 heteroatoms. The number of hydrogen-bond donors (Lipinski definition) is 0. The summed E-state index contributed by atoms with van der Waals surface area (Å²) in [6.07, 6.45) is -1.46. The average Bonchev–Trinajstić information content (AvgIpc) is 3.31. The second-order valence-electron chi connectivity index (χ2n) is 9.70. The van der Waals surface area contributed by atoms with Crippen molar-refractivity contribution in [1.82, 2.24) is 4.90 Å². The molecule has 1 fully saturated rings. The first-order chi connectivity index (χ1) is 17.6. The molecule has 0 saturated carbocycles. The van der Waals surface area contributed by atoms with Crippen molar-refractivity contribution in [3.8, 4) is 17.2 Å². The van der Waals surface area contributed by atoms with Gasteiger partial charge in [0, 0.05) is 36.5 Å². The zero-order chi connectivity index (χ0) is 26.1. The van der Waals surface area contributed by atoms with Gasteiger partial charge in [-0.05, 0) is 54.7 Å². The van der Waals surface area contributed by atoms with Crippen LogP contribution in [-0.4, -0.2) is 48.4 Å². The summed E-state index contributed by atoms with van der Waals surface area (Å²) in [6, 6.07) is 7.02. The van der Waals surface area contributed by atoms with Crippen molar-refractivity contribution in [2.24, 2.45) is 5.92 Å². The third kappa shape index (κ3) is 4.25. The number of methoxy groups -OCH3 is 1. The van der Waals surface area contributed by atoms with Gasteiger partial charge in [-0.15, -0.1) is 0 Å². The van der Waals surface area contributed by atoms with Gasteiger partial charge in [-0.2, -0.15) is 13.2 Å². The van der Waals surface area contributed by atoms with E-state index >= 15 is 0 Å². The predicted octanol–water partition coefficient (Wildman–Crippen LogP) is 6.98. The molecule has 1 saturated heterocycles. The van der Waals surface area contributed by atoms with Crippen LogP contribution in [0.25, 0.3) is 11.8 Å². The van der Waals surface area contributed by atoms with Crippen molar-refractivity contribution >= 4 is 52.3 Å². The van der Waals surface area contributed by atoms with Crippen molar-refractivity contribution in [3.05, 3.63) is 46.5 Å². The summed E-state index contributed by atoms with van der Waals surface area (Å²) in [7, 11) is 1.54. The highest BCUT2D eigenvalue weighted by atomic mass is 35.6. The molecule has 5 nitrogen and oxygen atoms in total. The lowest BCUT2D eigenvalue weighted by Crippen LogP contribution is -2.44. The number of anilines is 1. The van der Waals surface area contributed by atoms with Gasteiger partial charge in [0.1, 0.15) is 11.8 Å². The number of benzene rings is 2. The van der Waals surface area contributed by atoms with Gasteiger partial charge in [-0.3, -0.25) is 0 Å². The molecule has 0 radical (unpaired) electrons. The number of ether oxygens (including phenoxy) is 3. The SMILES string of the molecule is COc1ccc2c(c1N1CCC(C(F)(F)F)CC1)[C@@H](C(Cl)(Cl)Cl)N1CCc3cc4c(cc3C1=C2)OCO4. The van der Waals surface area contributed by atoms with Crippen LogP contribution in [0, 0.1) is 5.92 Å². The third-order valence-corrected chi connectivity index (χ3v) is 8.32. The van der Waals surface area contributed by atoms with E-state index in [1.165, 1.54) is 0 Å². The maximum Gasteiger partial charge on any atom is 0.391 e. The van der Waals surface area contributed by atoms with Crippen LogP contribution in [0.4, 0.5) is 18.9 Å². The van der Waals surface area contributed by atoms with Gasteiger partial charge >= 0.3 is 6.18 Å². The van der Waals surface area contributed by atoms with Crippen molar-refractivity contribution in [2.75, 3.05) is 38.4 Å². The molecule has 0 unspecified atom stereocenters. The largest absolute Gasteiger partial charge is 0.495 e. The Balaban J connectivity index is 1.49. The Bertz CT molecular complexity index is 1270. The molecule has 0 N–H and O–H groups in total. The maximum absolute atomic E-state index is 13.4. The standard InChI is InChI=1S/C26H24Cl3F3N2O3/c1-35-19-3-2-15-10-18-17-12-21-20(36-13-37-21)11-14(17)4-9-34(18)24(25(27,28)29)22(15)23(19)33-7-5-16(6-8-33)26(30,31)32/h2-3,10-12,16,24H,4-9,13H2,1H3/t24-/m0/s1. The topological polar surface area (TPSA) is 34.2 Å². The summed E-state index contributed by atoms with van der Waals surface area (Å²) in [5.74, 6) is 0.606. The van der Waals surface area contributed by atoms with Crippen molar-refractivity contribution < 1.29 is 27.4 Å². The van der Waals surface area contributed by atoms with Crippen molar-refractivity contribution in [1.29, 1.82) is 0 Å². The van der Waals surface area contributed by atoms with Gasteiger partial charge in [0.15, 0.2) is 11.5 Å². The molecule has 6 rings (SSSR count). The molecule has 0 amide bonds. The molecule has 37 heavy (non-hydrogen) atoms.